The molecule has 36 heavy (non-hydrogen) atoms. The number of hydrogen-bond acceptors (Lipinski definition) is 6. The molecule has 0 aliphatic carbocycles. The average molecular weight is 500 g/mol. The van der Waals surface area contributed by atoms with Gasteiger partial charge in [-0.25, -0.2) is 15.0 Å². The summed E-state index contributed by atoms with van der Waals surface area (Å²) in [4.78, 5) is 31.2. The summed E-state index contributed by atoms with van der Waals surface area (Å²) in [5.41, 5.74) is 2.55. The van der Waals surface area contributed by atoms with E-state index in [-0.39, 0.29) is 18.4 Å². The summed E-state index contributed by atoms with van der Waals surface area (Å²) in [6, 6.07) is 21.0. The summed E-state index contributed by atoms with van der Waals surface area (Å²) in [6.45, 7) is 0.479. The highest BCUT2D eigenvalue weighted by molar-refractivity contribution is 8.18. The molecular formula is C27H25N5O3S. The summed E-state index contributed by atoms with van der Waals surface area (Å²) >= 11 is 1.33. The number of amides is 2. The van der Waals surface area contributed by atoms with Crippen LogP contribution < -0.4 is 5.32 Å². The van der Waals surface area contributed by atoms with Crippen molar-refractivity contribution in [2.45, 2.75) is 13.1 Å². The number of hydrazine groups is 1. The monoisotopic (exact) mass is 499 g/mol. The highest BCUT2D eigenvalue weighted by Crippen LogP contribution is 2.36. The van der Waals surface area contributed by atoms with E-state index in [9.17, 15) is 9.59 Å². The number of carbonyl (C=O) groups excluding carboxylic acids is 2. The Morgan fingerprint density at radius 3 is 2.61 bits per heavy atom. The highest BCUT2D eigenvalue weighted by Gasteiger charge is 2.35. The van der Waals surface area contributed by atoms with Gasteiger partial charge in [0.25, 0.3) is 5.91 Å². The number of furan rings is 1. The fourth-order valence-electron chi connectivity index (χ4n) is 3.98. The zero-order valence-electron chi connectivity index (χ0n) is 19.9. The number of para-hydroxylation sites is 2. The molecule has 0 bridgehead atoms. The van der Waals surface area contributed by atoms with Gasteiger partial charge < -0.3 is 14.3 Å². The molecule has 2 aromatic heterocycles. The Morgan fingerprint density at radius 2 is 1.86 bits per heavy atom. The predicted octanol–water partition coefficient (Wildman–Crippen LogP) is 4.63. The van der Waals surface area contributed by atoms with E-state index < -0.39 is 0 Å². The van der Waals surface area contributed by atoms with E-state index in [1.165, 1.54) is 11.8 Å². The van der Waals surface area contributed by atoms with Gasteiger partial charge in [-0.2, -0.15) is 0 Å². The molecule has 182 valence electrons. The standard InChI is InChI=1S/C27H25N5O3S/c1-30(2)32-26(34)24(36-27(32)29-20-9-4-3-5-10-20)15-19-17-31(23-13-7-6-12-22(19)23)18-25(33)28-16-21-11-8-14-35-21/h3-15,17H,16,18H2,1-2H3,(H,28,33)/b24-15+,29-27?. The van der Waals surface area contributed by atoms with Crippen LogP contribution >= 0.6 is 11.8 Å². The first-order chi connectivity index (χ1) is 17.5. The quantitative estimate of drug-likeness (QED) is 0.375. The van der Waals surface area contributed by atoms with Crippen molar-refractivity contribution in [3.63, 3.8) is 0 Å². The SMILES string of the molecule is CN(C)N1C(=O)/C(=C\c2cn(CC(=O)NCc3ccco3)c3ccccc23)SC1=Nc1ccccc1. The van der Waals surface area contributed by atoms with Gasteiger partial charge in [0, 0.05) is 36.8 Å². The number of hydrogen-bond donors (Lipinski definition) is 1. The van der Waals surface area contributed by atoms with Gasteiger partial charge in [0.05, 0.1) is 23.4 Å². The zero-order valence-corrected chi connectivity index (χ0v) is 20.7. The number of amidine groups is 1. The number of nitrogens with zero attached hydrogens (tertiary/aromatic N) is 4. The van der Waals surface area contributed by atoms with Gasteiger partial charge in [0.2, 0.25) is 5.91 Å². The Labute approximate surface area is 212 Å². The molecule has 2 aromatic carbocycles. The molecule has 1 aliphatic rings. The Balaban J connectivity index is 1.43. The Kier molecular flexibility index (Phi) is 6.75. The first-order valence-electron chi connectivity index (χ1n) is 11.4. The van der Waals surface area contributed by atoms with Gasteiger partial charge >= 0.3 is 0 Å². The highest BCUT2D eigenvalue weighted by atomic mass is 32.2. The molecule has 2 amide bonds. The zero-order chi connectivity index (χ0) is 25.1. The number of carbonyl (C=O) groups is 2. The molecule has 4 aromatic rings. The van der Waals surface area contributed by atoms with E-state index in [2.05, 4.69) is 10.3 Å². The van der Waals surface area contributed by atoms with Crippen LogP contribution in [0.25, 0.3) is 17.0 Å². The molecule has 1 fully saturated rings. The second kappa shape index (κ2) is 10.3. The van der Waals surface area contributed by atoms with Crippen molar-refractivity contribution in [2.75, 3.05) is 14.1 Å². The molecule has 0 spiro atoms. The number of fused-ring (bicyclic) bond motifs is 1. The van der Waals surface area contributed by atoms with E-state index in [0.717, 1.165) is 22.2 Å². The minimum atomic E-state index is -0.146. The maximum atomic E-state index is 13.3. The summed E-state index contributed by atoms with van der Waals surface area (Å²) < 4.78 is 7.18. The van der Waals surface area contributed by atoms with E-state index in [1.54, 1.807) is 22.3 Å². The third-order valence-corrected chi connectivity index (χ3v) is 6.59. The molecular weight excluding hydrogens is 474 g/mol. The molecule has 8 nitrogen and oxygen atoms in total. The van der Waals surface area contributed by atoms with Gasteiger partial charge in [0.15, 0.2) is 5.17 Å². The number of rotatable bonds is 7. The second-order valence-corrected chi connectivity index (χ2v) is 9.40. The number of aliphatic imine (C=N–C) groups is 1. The van der Waals surface area contributed by atoms with Crippen molar-refractivity contribution >= 4 is 51.4 Å². The van der Waals surface area contributed by atoms with Crippen LogP contribution in [0.15, 0.2) is 93.5 Å². The predicted molar refractivity (Wildman–Crippen MR) is 142 cm³/mol. The lowest BCUT2D eigenvalue weighted by Gasteiger charge is -2.22. The molecule has 0 saturated carbocycles. The van der Waals surface area contributed by atoms with E-state index in [1.807, 2.05) is 91.6 Å². The first-order valence-corrected chi connectivity index (χ1v) is 12.2. The van der Waals surface area contributed by atoms with Gasteiger partial charge in [-0.15, -0.1) is 0 Å². The minimum absolute atomic E-state index is 0.131. The van der Waals surface area contributed by atoms with E-state index in [4.69, 9.17) is 4.42 Å². The van der Waals surface area contributed by atoms with Crippen LogP contribution in [0.1, 0.15) is 11.3 Å². The molecule has 0 atom stereocenters. The Bertz CT molecular complexity index is 1460. The number of thioether (sulfide) groups is 1. The molecule has 0 unspecified atom stereocenters. The molecule has 9 heteroatoms. The fraction of sp³-hybridized carbons (Fsp3) is 0.148. The summed E-state index contributed by atoms with van der Waals surface area (Å²) in [5, 5.41) is 7.71. The van der Waals surface area contributed by atoms with Gasteiger partial charge in [-0.1, -0.05) is 36.4 Å². The van der Waals surface area contributed by atoms with Crippen LogP contribution in [-0.4, -0.2) is 45.7 Å². The molecule has 5 rings (SSSR count). The van der Waals surface area contributed by atoms with Crippen molar-refractivity contribution in [1.82, 2.24) is 19.9 Å². The van der Waals surface area contributed by atoms with Crippen molar-refractivity contribution in [3.8, 4) is 0 Å². The van der Waals surface area contributed by atoms with Crippen LogP contribution in [0, 0.1) is 0 Å². The number of nitrogens with one attached hydrogen (secondary N) is 1. The molecule has 3 heterocycles. The van der Waals surface area contributed by atoms with Crippen molar-refractivity contribution < 1.29 is 14.0 Å². The fourth-order valence-corrected chi connectivity index (χ4v) is 5.02. The molecule has 1 N–H and O–H groups in total. The summed E-state index contributed by atoms with van der Waals surface area (Å²) in [5.74, 6) is 0.419. The van der Waals surface area contributed by atoms with Crippen LogP contribution in [0.5, 0.6) is 0 Å². The van der Waals surface area contributed by atoms with Crippen LogP contribution in [-0.2, 0) is 22.7 Å². The van der Waals surface area contributed by atoms with E-state index in [0.29, 0.717) is 22.4 Å². The number of aromatic nitrogens is 1. The van der Waals surface area contributed by atoms with Crippen molar-refractivity contribution in [3.05, 3.63) is 95.4 Å². The van der Waals surface area contributed by atoms with E-state index >= 15 is 0 Å². The van der Waals surface area contributed by atoms with Gasteiger partial charge in [0.1, 0.15) is 12.3 Å². The summed E-state index contributed by atoms with van der Waals surface area (Å²) in [6.07, 6.45) is 5.36. The maximum absolute atomic E-state index is 13.3. The third-order valence-electron chi connectivity index (χ3n) is 5.63. The normalized spacial score (nSPS) is 16.1. The average Bonchev–Trinajstić information content (AvgIpc) is 3.58. The topological polar surface area (TPSA) is 83.1 Å². The lowest BCUT2D eigenvalue weighted by atomic mass is 10.1. The van der Waals surface area contributed by atoms with Gasteiger partial charge in [-0.05, 0) is 48.2 Å². The van der Waals surface area contributed by atoms with Crippen LogP contribution in [0.4, 0.5) is 5.69 Å². The molecule has 1 aliphatic heterocycles. The minimum Gasteiger partial charge on any atom is -0.467 e. The van der Waals surface area contributed by atoms with Crippen LogP contribution in [0.2, 0.25) is 0 Å². The second-order valence-electron chi connectivity index (χ2n) is 8.39. The smallest absolute Gasteiger partial charge is 0.281 e. The lowest BCUT2D eigenvalue weighted by Crippen LogP contribution is -2.40. The third kappa shape index (κ3) is 4.98. The van der Waals surface area contributed by atoms with Crippen LogP contribution in [0.3, 0.4) is 0 Å². The largest absolute Gasteiger partial charge is 0.467 e. The molecule has 0 radical (unpaired) electrons. The Hall–Kier alpha value is -4.08. The number of benzene rings is 2. The Morgan fingerprint density at radius 1 is 1.08 bits per heavy atom. The lowest BCUT2D eigenvalue weighted by molar-refractivity contribution is -0.130. The van der Waals surface area contributed by atoms with Crippen molar-refractivity contribution in [1.29, 1.82) is 0 Å². The summed E-state index contributed by atoms with van der Waals surface area (Å²) in [7, 11) is 3.63. The maximum Gasteiger partial charge on any atom is 0.281 e. The first kappa shape index (κ1) is 23.7. The van der Waals surface area contributed by atoms with Gasteiger partial charge in [-0.3, -0.25) is 9.59 Å². The van der Waals surface area contributed by atoms with Crippen molar-refractivity contribution in [2.24, 2.45) is 4.99 Å². The molecule has 1 saturated heterocycles.